The summed E-state index contributed by atoms with van der Waals surface area (Å²) >= 11 is 1.64. The van der Waals surface area contributed by atoms with Gasteiger partial charge in [0.25, 0.3) is 0 Å². The largest absolute Gasteiger partial charge is 0.490 e. The molecule has 0 amide bonds. The van der Waals surface area contributed by atoms with Crippen LogP contribution in [-0.4, -0.2) is 48.6 Å². The fraction of sp³-hybridized carbons (Fsp3) is 0.300. The normalized spacial score (nSPS) is 15.7. The highest BCUT2D eigenvalue weighted by molar-refractivity contribution is 7.18. The van der Waals surface area contributed by atoms with E-state index in [1.54, 1.807) is 22.1 Å². The van der Waals surface area contributed by atoms with Gasteiger partial charge in [-0.2, -0.15) is 10.2 Å². The summed E-state index contributed by atoms with van der Waals surface area (Å²) in [5.41, 5.74) is 6.13. The zero-order valence-electron chi connectivity index (χ0n) is 22.6. The minimum atomic E-state index is -0.341. The van der Waals surface area contributed by atoms with Crippen LogP contribution in [0.4, 0.5) is 4.39 Å². The molecule has 1 atom stereocenters. The van der Waals surface area contributed by atoms with Gasteiger partial charge in [0, 0.05) is 65.7 Å². The number of hydrogen-bond acceptors (Lipinski definition) is 6. The predicted molar refractivity (Wildman–Crippen MR) is 154 cm³/mol. The Balaban J connectivity index is 1.63. The molecule has 0 fully saturated rings. The first-order valence-electron chi connectivity index (χ1n) is 13.1. The Labute approximate surface area is 231 Å². The van der Waals surface area contributed by atoms with Crippen molar-refractivity contribution in [1.82, 2.24) is 29.4 Å². The van der Waals surface area contributed by atoms with Crippen LogP contribution in [0.25, 0.3) is 43.9 Å². The minimum absolute atomic E-state index is 0.118. The molecule has 9 heteroatoms. The molecular weight excluding hydrogens is 511 g/mol. The van der Waals surface area contributed by atoms with Crippen LogP contribution in [0.5, 0.6) is 5.75 Å². The molecule has 6 rings (SSSR count). The van der Waals surface area contributed by atoms with Gasteiger partial charge in [0.15, 0.2) is 0 Å². The van der Waals surface area contributed by atoms with E-state index in [1.165, 1.54) is 12.1 Å². The zero-order chi connectivity index (χ0) is 27.3. The van der Waals surface area contributed by atoms with Crippen molar-refractivity contribution in [2.45, 2.75) is 39.5 Å². The van der Waals surface area contributed by atoms with Gasteiger partial charge >= 0.3 is 0 Å². The summed E-state index contributed by atoms with van der Waals surface area (Å²) in [4.78, 5) is 7.63. The van der Waals surface area contributed by atoms with Crippen LogP contribution in [0.1, 0.15) is 32.5 Å². The monoisotopic (exact) mass is 542 g/mol. The van der Waals surface area contributed by atoms with Crippen molar-refractivity contribution < 1.29 is 9.13 Å². The number of benzene rings is 1. The highest BCUT2D eigenvalue weighted by atomic mass is 32.1. The van der Waals surface area contributed by atoms with Gasteiger partial charge in [-0.15, -0.1) is 17.9 Å². The van der Waals surface area contributed by atoms with Gasteiger partial charge in [0.1, 0.15) is 23.0 Å². The second-order valence-corrected chi connectivity index (χ2v) is 11.3. The molecule has 39 heavy (non-hydrogen) atoms. The second kappa shape index (κ2) is 10.1. The fourth-order valence-electron chi connectivity index (χ4n) is 5.39. The molecule has 0 unspecified atom stereocenters. The number of hydrogen-bond donors (Lipinski definition) is 0. The number of fused-ring (bicyclic) bond motifs is 2. The molecule has 7 nitrogen and oxygen atoms in total. The Morgan fingerprint density at radius 1 is 1.23 bits per heavy atom. The third-order valence-corrected chi connectivity index (χ3v) is 7.86. The Morgan fingerprint density at radius 2 is 2.08 bits per heavy atom. The van der Waals surface area contributed by atoms with Gasteiger partial charge in [-0.1, -0.05) is 6.08 Å². The molecule has 1 aliphatic heterocycles. The van der Waals surface area contributed by atoms with Crippen molar-refractivity contribution in [2.24, 2.45) is 7.05 Å². The number of thiophene rings is 1. The lowest BCUT2D eigenvalue weighted by Crippen LogP contribution is -2.36. The third kappa shape index (κ3) is 4.66. The van der Waals surface area contributed by atoms with E-state index >= 15 is 0 Å². The molecule has 0 spiro atoms. The smallest absolute Gasteiger partial charge is 0.130 e. The van der Waals surface area contributed by atoms with Crippen LogP contribution >= 0.6 is 11.3 Å². The molecule has 0 radical (unpaired) electrons. The highest BCUT2D eigenvalue weighted by Crippen LogP contribution is 2.46. The van der Waals surface area contributed by atoms with Crippen molar-refractivity contribution in [1.29, 1.82) is 0 Å². The standard InChI is InChI=1S/C30H31FN6OS/c1-6-10-36-15-19(4)37-22(17-36)13-25(34-37)29-27(23-8-7-21(31)12-26(23)38-18(2)3)30-24(9-11-39-30)28(33-29)20-14-32-35(5)16-20/h6-9,11-14,16,18-19H,1,10,15,17H2,2-5H3/t19-/m1/s1. The summed E-state index contributed by atoms with van der Waals surface area (Å²) in [6, 6.07) is 9.16. The first kappa shape index (κ1) is 25.5. The van der Waals surface area contributed by atoms with Crippen molar-refractivity contribution in [3.05, 3.63) is 72.3 Å². The number of pyridine rings is 1. The van der Waals surface area contributed by atoms with Crippen molar-refractivity contribution >= 4 is 21.4 Å². The maximum Gasteiger partial charge on any atom is 0.130 e. The van der Waals surface area contributed by atoms with Gasteiger partial charge in [-0.3, -0.25) is 14.3 Å². The van der Waals surface area contributed by atoms with Crippen LogP contribution in [0, 0.1) is 5.82 Å². The summed E-state index contributed by atoms with van der Waals surface area (Å²) in [6.07, 6.45) is 5.63. The van der Waals surface area contributed by atoms with Crippen LogP contribution in [-0.2, 0) is 13.6 Å². The Bertz CT molecular complexity index is 1680. The van der Waals surface area contributed by atoms with E-state index in [2.05, 4.69) is 45.7 Å². The molecule has 5 heterocycles. The van der Waals surface area contributed by atoms with Crippen LogP contribution in [0.15, 0.2) is 60.8 Å². The lowest BCUT2D eigenvalue weighted by Gasteiger charge is -2.31. The molecule has 1 aliphatic rings. The summed E-state index contributed by atoms with van der Waals surface area (Å²) in [5.74, 6) is 0.151. The summed E-state index contributed by atoms with van der Waals surface area (Å²) in [5, 5.41) is 12.6. The molecule has 0 aliphatic carbocycles. The van der Waals surface area contributed by atoms with E-state index in [0.717, 1.165) is 69.2 Å². The third-order valence-electron chi connectivity index (χ3n) is 6.93. The topological polar surface area (TPSA) is 61.0 Å². The quantitative estimate of drug-likeness (QED) is 0.214. The van der Waals surface area contributed by atoms with Crippen molar-refractivity contribution in [2.75, 3.05) is 13.1 Å². The zero-order valence-corrected chi connectivity index (χ0v) is 23.4. The van der Waals surface area contributed by atoms with Crippen molar-refractivity contribution in [3.8, 4) is 39.5 Å². The molecule has 4 aromatic heterocycles. The first-order valence-corrected chi connectivity index (χ1v) is 14.0. The molecular formula is C30H31FN6OS. The average molecular weight is 543 g/mol. The van der Waals surface area contributed by atoms with Crippen LogP contribution in [0.2, 0.25) is 0 Å². The molecule has 0 N–H and O–H groups in total. The first-order chi connectivity index (χ1) is 18.8. The lowest BCUT2D eigenvalue weighted by molar-refractivity contribution is 0.200. The van der Waals surface area contributed by atoms with Crippen LogP contribution < -0.4 is 4.74 Å². The van der Waals surface area contributed by atoms with Gasteiger partial charge in [0.2, 0.25) is 0 Å². The summed E-state index contributed by atoms with van der Waals surface area (Å²) in [6.45, 7) is 12.5. The average Bonchev–Trinajstić information content (AvgIpc) is 3.63. The Morgan fingerprint density at radius 3 is 2.82 bits per heavy atom. The lowest BCUT2D eigenvalue weighted by atomic mass is 9.97. The maximum absolute atomic E-state index is 14.4. The van der Waals surface area contributed by atoms with Gasteiger partial charge in [-0.05, 0) is 50.4 Å². The predicted octanol–water partition coefficient (Wildman–Crippen LogP) is 6.72. The summed E-state index contributed by atoms with van der Waals surface area (Å²) in [7, 11) is 1.90. The number of nitrogens with zero attached hydrogens (tertiary/aromatic N) is 6. The fourth-order valence-corrected chi connectivity index (χ4v) is 6.35. The molecule has 0 saturated heterocycles. The maximum atomic E-state index is 14.4. The molecule has 0 saturated carbocycles. The van der Waals surface area contributed by atoms with Gasteiger partial charge in [0.05, 0.1) is 29.7 Å². The van der Waals surface area contributed by atoms with E-state index in [0.29, 0.717) is 5.75 Å². The Hall–Kier alpha value is -3.82. The van der Waals surface area contributed by atoms with E-state index in [9.17, 15) is 4.39 Å². The van der Waals surface area contributed by atoms with E-state index < -0.39 is 0 Å². The SMILES string of the molecule is C=CCN1Cc2cc(-c3nc(-c4cnn(C)c4)c4ccsc4c3-c3ccc(F)cc3OC(C)C)nn2[C@H](C)C1. The Kier molecular flexibility index (Phi) is 6.56. The molecule has 200 valence electrons. The number of aromatic nitrogens is 5. The molecule has 5 aromatic rings. The minimum Gasteiger partial charge on any atom is -0.490 e. The van der Waals surface area contributed by atoms with E-state index in [-0.39, 0.29) is 18.0 Å². The van der Waals surface area contributed by atoms with Gasteiger partial charge in [-0.25, -0.2) is 9.37 Å². The molecule has 1 aromatic carbocycles. The number of aryl methyl sites for hydroxylation is 1. The summed E-state index contributed by atoms with van der Waals surface area (Å²) < 4.78 is 25.5. The van der Waals surface area contributed by atoms with Gasteiger partial charge < -0.3 is 4.74 Å². The van der Waals surface area contributed by atoms with Crippen LogP contribution in [0.3, 0.4) is 0 Å². The molecule has 0 bridgehead atoms. The number of halogens is 1. The number of ether oxygens (including phenoxy) is 1. The van der Waals surface area contributed by atoms with E-state index in [4.69, 9.17) is 14.8 Å². The van der Waals surface area contributed by atoms with Crippen molar-refractivity contribution in [3.63, 3.8) is 0 Å². The highest BCUT2D eigenvalue weighted by Gasteiger charge is 2.28. The number of rotatable bonds is 7. The second-order valence-electron chi connectivity index (χ2n) is 10.4. The van der Waals surface area contributed by atoms with E-state index in [1.807, 2.05) is 39.4 Å².